The van der Waals surface area contributed by atoms with Crippen molar-refractivity contribution in [3.8, 4) is 0 Å². The van der Waals surface area contributed by atoms with E-state index in [-0.39, 0.29) is 10.6 Å². The van der Waals surface area contributed by atoms with Crippen molar-refractivity contribution in [3.05, 3.63) is 53.3 Å². The number of rotatable bonds is 3. The number of anilines is 2. The van der Waals surface area contributed by atoms with Gasteiger partial charge in [0.2, 0.25) is 0 Å². The first-order chi connectivity index (χ1) is 11.2. The van der Waals surface area contributed by atoms with Gasteiger partial charge in [-0.05, 0) is 32.9 Å². The van der Waals surface area contributed by atoms with E-state index in [2.05, 4.69) is 5.32 Å². The summed E-state index contributed by atoms with van der Waals surface area (Å²) >= 11 is 6.01. The molecule has 1 heterocycles. The smallest absolute Gasteiger partial charge is 0.406 e. The van der Waals surface area contributed by atoms with Crippen LogP contribution < -0.4 is 15.6 Å². The van der Waals surface area contributed by atoms with Gasteiger partial charge in [-0.3, -0.25) is 4.79 Å². The lowest BCUT2D eigenvalue weighted by Crippen LogP contribution is -2.45. The molecule has 1 aromatic carbocycles. The Bertz CT molecular complexity index is 768. The average Bonchev–Trinajstić information content (AvgIpc) is 2.45. The Hall–Kier alpha value is -2.60. The SMILES string of the molecule is CC(C)(C)OC(=O)[n+]1ccc(Nc2cccc(Cl)c2C(N)=O)cc1. The molecule has 1 aromatic heterocycles. The van der Waals surface area contributed by atoms with E-state index < -0.39 is 17.6 Å². The maximum Gasteiger partial charge on any atom is 0.602 e. The molecule has 24 heavy (non-hydrogen) atoms. The summed E-state index contributed by atoms with van der Waals surface area (Å²) < 4.78 is 6.60. The van der Waals surface area contributed by atoms with Crippen molar-refractivity contribution in [1.29, 1.82) is 0 Å². The van der Waals surface area contributed by atoms with Crippen molar-refractivity contribution in [2.24, 2.45) is 5.73 Å². The molecule has 0 radical (unpaired) electrons. The average molecular weight is 349 g/mol. The van der Waals surface area contributed by atoms with Gasteiger partial charge in [0.1, 0.15) is 5.60 Å². The first-order valence-corrected chi connectivity index (χ1v) is 7.65. The molecule has 2 aromatic rings. The molecule has 0 bridgehead atoms. The molecule has 0 fully saturated rings. The predicted molar refractivity (Wildman–Crippen MR) is 91.5 cm³/mol. The molecule has 7 heteroatoms. The van der Waals surface area contributed by atoms with Crippen LogP contribution in [0.2, 0.25) is 5.02 Å². The number of hydrogen-bond donors (Lipinski definition) is 2. The summed E-state index contributed by atoms with van der Waals surface area (Å²) in [6, 6.07) is 8.35. The second kappa shape index (κ2) is 6.88. The van der Waals surface area contributed by atoms with Gasteiger partial charge in [-0.25, -0.2) is 0 Å². The summed E-state index contributed by atoms with van der Waals surface area (Å²) in [4.78, 5) is 23.5. The third kappa shape index (κ3) is 4.45. The lowest BCUT2D eigenvalue weighted by molar-refractivity contribution is -0.588. The maximum atomic E-state index is 12.0. The highest BCUT2D eigenvalue weighted by Crippen LogP contribution is 2.26. The second-order valence-electron chi connectivity index (χ2n) is 6.13. The van der Waals surface area contributed by atoms with E-state index >= 15 is 0 Å². The van der Waals surface area contributed by atoms with Crippen LogP contribution in [0, 0.1) is 0 Å². The molecular formula is C17H19ClN3O3+. The monoisotopic (exact) mass is 348 g/mol. The molecule has 0 saturated heterocycles. The summed E-state index contributed by atoms with van der Waals surface area (Å²) in [6.45, 7) is 5.39. The summed E-state index contributed by atoms with van der Waals surface area (Å²) in [5, 5.41) is 3.33. The minimum atomic E-state index is -0.622. The van der Waals surface area contributed by atoms with Crippen molar-refractivity contribution >= 4 is 35.0 Å². The number of ether oxygens (including phenoxy) is 1. The Morgan fingerprint density at radius 1 is 1.17 bits per heavy atom. The van der Waals surface area contributed by atoms with E-state index in [0.29, 0.717) is 11.4 Å². The number of hydrogen-bond acceptors (Lipinski definition) is 4. The van der Waals surface area contributed by atoms with Crippen LogP contribution in [0.1, 0.15) is 31.1 Å². The Labute approximate surface area is 145 Å². The van der Waals surface area contributed by atoms with Gasteiger partial charge in [-0.15, -0.1) is 0 Å². The molecular weight excluding hydrogens is 330 g/mol. The van der Waals surface area contributed by atoms with Gasteiger partial charge >= 0.3 is 6.09 Å². The van der Waals surface area contributed by atoms with E-state index in [1.54, 1.807) is 63.5 Å². The van der Waals surface area contributed by atoms with E-state index in [1.165, 1.54) is 4.57 Å². The van der Waals surface area contributed by atoms with Crippen LogP contribution in [-0.4, -0.2) is 17.6 Å². The first-order valence-electron chi connectivity index (χ1n) is 7.27. The zero-order valence-electron chi connectivity index (χ0n) is 13.7. The van der Waals surface area contributed by atoms with E-state index in [1.807, 2.05) is 0 Å². The van der Waals surface area contributed by atoms with Crippen LogP contribution in [0.3, 0.4) is 0 Å². The lowest BCUT2D eigenvalue weighted by atomic mass is 10.1. The van der Waals surface area contributed by atoms with E-state index in [4.69, 9.17) is 22.1 Å². The minimum Gasteiger partial charge on any atom is -0.406 e. The highest BCUT2D eigenvalue weighted by molar-refractivity contribution is 6.34. The fraction of sp³-hybridized carbons (Fsp3) is 0.235. The van der Waals surface area contributed by atoms with Crippen molar-refractivity contribution in [1.82, 2.24) is 0 Å². The largest absolute Gasteiger partial charge is 0.602 e. The first kappa shape index (κ1) is 17.7. The summed E-state index contributed by atoms with van der Waals surface area (Å²) in [5.41, 5.74) is 6.16. The molecule has 0 atom stereocenters. The third-order valence-electron chi connectivity index (χ3n) is 2.97. The third-order valence-corrected chi connectivity index (χ3v) is 3.29. The molecule has 0 unspecified atom stereocenters. The fourth-order valence-electron chi connectivity index (χ4n) is 1.98. The number of nitrogens with one attached hydrogen (secondary N) is 1. The van der Waals surface area contributed by atoms with Crippen LogP contribution in [0.15, 0.2) is 42.7 Å². The number of benzene rings is 1. The molecule has 6 nitrogen and oxygen atoms in total. The van der Waals surface area contributed by atoms with Crippen molar-refractivity contribution in [3.63, 3.8) is 0 Å². The Balaban J connectivity index is 2.20. The van der Waals surface area contributed by atoms with E-state index in [0.717, 1.165) is 0 Å². The highest BCUT2D eigenvalue weighted by atomic mass is 35.5. The Morgan fingerprint density at radius 2 is 1.79 bits per heavy atom. The Kier molecular flexibility index (Phi) is 5.09. The normalized spacial score (nSPS) is 11.0. The number of carbonyl (C=O) groups is 2. The van der Waals surface area contributed by atoms with E-state index in [9.17, 15) is 9.59 Å². The molecule has 0 aliphatic carbocycles. The topological polar surface area (TPSA) is 85.3 Å². The van der Waals surface area contributed by atoms with Crippen LogP contribution in [0.5, 0.6) is 0 Å². The molecule has 126 valence electrons. The molecule has 1 amide bonds. The standard InChI is InChI=1S/C17H18ClN3O3/c1-17(2,3)24-16(23)21-9-7-11(8-10-21)20-13-6-4-5-12(18)14(13)15(19)22/h4-10H,1-3H3,(H2,19,22)/p+1. The predicted octanol–water partition coefficient (Wildman–Crippen LogP) is 3.25. The number of pyridine rings is 1. The molecule has 0 saturated carbocycles. The zero-order valence-corrected chi connectivity index (χ0v) is 14.4. The van der Waals surface area contributed by atoms with Gasteiger partial charge in [0.15, 0.2) is 12.4 Å². The van der Waals surface area contributed by atoms with Crippen molar-refractivity contribution < 1.29 is 18.9 Å². The number of amides is 1. The number of nitrogens with zero attached hydrogens (tertiary/aromatic N) is 1. The van der Waals surface area contributed by atoms with Gasteiger partial charge in [0.25, 0.3) is 5.91 Å². The van der Waals surface area contributed by atoms with Gasteiger partial charge in [0.05, 0.1) is 22.0 Å². The fourth-order valence-corrected chi connectivity index (χ4v) is 2.25. The van der Waals surface area contributed by atoms with Crippen LogP contribution in [-0.2, 0) is 4.74 Å². The molecule has 2 rings (SSSR count). The maximum absolute atomic E-state index is 12.0. The molecule has 0 aliphatic heterocycles. The second-order valence-corrected chi connectivity index (χ2v) is 6.53. The van der Waals surface area contributed by atoms with Crippen molar-refractivity contribution in [2.75, 3.05) is 5.32 Å². The summed E-state index contributed by atoms with van der Waals surface area (Å²) in [5.74, 6) is -0.622. The molecule has 0 spiro atoms. The summed E-state index contributed by atoms with van der Waals surface area (Å²) in [7, 11) is 0. The summed E-state index contributed by atoms with van der Waals surface area (Å²) in [6.07, 6.45) is 2.64. The van der Waals surface area contributed by atoms with Gasteiger partial charge in [0, 0.05) is 12.1 Å². The van der Waals surface area contributed by atoms with Crippen LogP contribution in [0.4, 0.5) is 16.2 Å². The van der Waals surface area contributed by atoms with Crippen LogP contribution >= 0.6 is 11.6 Å². The number of halogens is 1. The minimum absolute atomic E-state index is 0.211. The van der Waals surface area contributed by atoms with Crippen molar-refractivity contribution in [2.45, 2.75) is 26.4 Å². The molecule has 0 aliphatic rings. The number of nitrogens with two attached hydrogens (primary N) is 1. The van der Waals surface area contributed by atoms with Crippen LogP contribution in [0.25, 0.3) is 0 Å². The number of carbonyl (C=O) groups excluding carboxylic acids is 2. The molecule has 3 N–H and O–H groups in total. The van der Waals surface area contributed by atoms with Gasteiger partial charge < -0.3 is 15.8 Å². The number of primary amides is 1. The zero-order chi connectivity index (χ0) is 17.9. The van der Waals surface area contributed by atoms with Gasteiger partial charge in [-0.2, -0.15) is 4.79 Å². The van der Waals surface area contributed by atoms with Gasteiger partial charge in [-0.1, -0.05) is 22.2 Å². The highest BCUT2D eigenvalue weighted by Gasteiger charge is 2.24. The quantitative estimate of drug-likeness (QED) is 0.834. The number of aromatic nitrogens is 1. The lowest BCUT2D eigenvalue weighted by Gasteiger charge is -2.15. The Morgan fingerprint density at radius 3 is 2.33 bits per heavy atom.